The summed E-state index contributed by atoms with van der Waals surface area (Å²) in [6.45, 7) is 1.75. The zero-order valence-corrected chi connectivity index (χ0v) is 12.4. The van der Waals surface area contributed by atoms with Gasteiger partial charge in [0, 0.05) is 17.6 Å². The van der Waals surface area contributed by atoms with E-state index in [0.29, 0.717) is 16.0 Å². The molecule has 4 heteroatoms. The minimum absolute atomic E-state index is 0.0665. The second-order valence-corrected chi connectivity index (χ2v) is 6.74. The maximum Gasteiger partial charge on any atom is 0.255 e. The molecule has 1 saturated heterocycles. The van der Waals surface area contributed by atoms with Gasteiger partial charge >= 0.3 is 0 Å². The maximum absolute atomic E-state index is 12.4. The Labute approximate surface area is 120 Å². The van der Waals surface area contributed by atoms with Crippen molar-refractivity contribution in [3.8, 4) is 0 Å². The van der Waals surface area contributed by atoms with Gasteiger partial charge in [-0.1, -0.05) is 27.5 Å². The first-order valence-electron chi connectivity index (χ1n) is 6.34. The first kappa shape index (κ1) is 12.5. The van der Waals surface area contributed by atoms with Gasteiger partial charge in [-0.3, -0.25) is 4.79 Å². The van der Waals surface area contributed by atoms with Crippen LogP contribution in [0.1, 0.15) is 36.0 Å². The number of carbonyl (C=O) groups is 1. The van der Waals surface area contributed by atoms with Crippen LogP contribution in [0.15, 0.2) is 22.7 Å². The van der Waals surface area contributed by atoms with Gasteiger partial charge < -0.3 is 4.90 Å². The van der Waals surface area contributed by atoms with E-state index in [0.717, 1.165) is 30.4 Å². The lowest BCUT2D eigenvalue weighted by molar-refractivity contribution is 0.0678. The summed E-state index contributed by atoms with van der Waals surface area (Å²) >= 11 is 9.50. The normalized spacial score (nSPS) is 21.1. The highest BCUT2D eigenvalue weighted by molar-refractivity contribution is 9.10. The van der Waals surface area contributed by atoms with Crippen molar-refractivity contribution >= 4 is 33.4 Å². The highest BCUT2D eigenvalue weighted by Crippen LogP contribution is 2.53. The van der Waals surface area contributed by atoms with Crippen molar-refractivity contribution in [1.82, 2.24) is 4.90 Å². The third-order valence-corrected chi connectivity index (χ3v) is 5.05. The molecule has 1 aliphatic heterocycles. The van der Waals surface area contributed by atoms with Gasteiger partial charge in [0.15, 0.2) is 0 Å². The van der Waals surface area contributed by atoms with Crippen molar-refractivity contribution in [3.05, 3.63) is 33.3 Å². The summed E-state index contributed by atoms with van der Waals surface area (Å²) in [6.07, 6.45) is 5.02. The van der Waals surface area contributed by atoms with Gasteiger partial charge in [0.2, 0.25) is 0 Å². The molecule has 1 aliphatic carbocycles. The molecule has 0 unspecified atom stereocenters. The third-order valence-electron chi connectivity index (χ3n) is 4.23. The van der Waals surface area contributed by atoms with Gasteiger partial charge in [-0.05, 0) is 49.3 Å². The first-order valence-corrected chi connectivity index (χ1v) is 7.51. The zero-order valence-electron chi connectivity index (χ0n) is 10.1. The lowest BCUT2D eigenvalue weighted by Gasteiger charge is -2.32. The molecular formula is C14H15BrClNO. The van der Waals surface area contributed by atoms with E-state index in [-0.39, 0.29) is 5.91 Å². The van der Waals surface area contributed by atoms with Crippen LogP contribution in [-0.4, -0.2) is 23.9 Å². The molecule has 0 N–H and O–H groups in total. The Morgan fingerprint density at radius 2 is 1.89 bits per heavy atom. The van der Waals surface area contributed by atoms with Crippen molar-refractivity contribution in [2.75, 3.05) is 13.1 Å². The first-order chi connectivity index (χ1) is 8.60. The van der Waals surface area contributed by atoms with Crippen LogP contribution in [0.4, 0.5) is 0 Å². The highest BCUT2D eigenvalue weighted by Gasteiger charge is 2.45. The molecule has 0 atom stereocenters. The number of likely N-dealkylation sites (tertiary alicyclic amines) is 1. The molecule has 18 heavy (non-hydrogen) atoms. The van der Waals surface area contributed by atoms with E-state index < -0.39 is 0 Å². The number of carbonyl (C=O) groups excluding carboxylic acids is 1. The van der Waals surface area contributed by atoms with E-state index >= 15 is 0 Å². The van der Waals surface area contributed by atoms with E-state index in [4.69, 9.17) is 11.6 Å². The minimum atomic E-state index is 0.0665. The van der Waals surface area contributed by atoms with Crippen LogP contribution in [0.3, 0.4) is 0 Å². The summed E-state index contributed by atoms with van der Waals surface area (Å²) in [5.74, 6) is 0.0665. The summed E-state index contributed by atoms with van der Waals surface area (Å²) in [7, 11) is 0. The SMILES string of the molecule is O=C(c1cc(Br)ccc1Cl)N1CCC2(CC1)CC2. The fourth-order valence-electron chi connectivity index (χ4n) is 2.69. The zero-order chi connectivity index (χ0) is 12.8. The monoisotopic (exact) mass is 327 g/mol. The molecule has 2 nitrogen and oxygen atoms in total. The predicted molar refractivity (Wildman–Crippen MR) is 76.0 cm³/mol. The number of rotatable bonds is 1. The number of halogens is 2. The molecule has 1 heterocycles. The Morgan fingerprint density at radius 1 is 1.22 bits per heavy atom. The highest BCUT2D eigenvalue weighted by atomic mass is 79.9. The number of hydrogen-bond donors (Lipinski definition) is 0. The third kappa shape index (κ3) is 2.30. The van der Waals surface area contributed by atoms with Gasteiger partial charge in [-0.2, -0.15) is 0 Å². The lowest BCUT2D eigenvalue weighted by atomic mass is 9.93. The fourth-order valence-corrected chi connectivity index (χ4v) is 3.25. The molecular weight excluding hydrogens is 314 g/mol. The van der Waals surface area contributed by atoms with E-state index in [1.807, 2.05) is 17.0 Å². The maximum atomic E-state index is 12.4. The number of hydrogen-bond acceptors (Lipinski definition) is 1. The molecule has 1 amide bonds. The van der Waals surface area contributed by atoms with E-state index in [1.165, 1.54) is 12.8 Å². The van der Waals surface area contributed by atoms with Gasteiger partial charge in [-0.25, -0.2) is 0 Å². The van der Waals surface area contributed by atoms with E-state index in [9.17, 15) is 4.79 Å². The Balaban J connectivity index is 1.76. The van der Waals surface area contributed by atoms with Crippen molar-refractivity contribution in [2.24, 2.45) is 5.41 Å². The topological polar surface area (TPSA) is 20.3 Å². The Hall–Kier alpha value is -0.540. The molecule has 96 valence electrons. The Morgan fingerprint density at radius 3 is 2.50 bits per heavy atom. The molecule has 1 aromatic rings. The number of piperidine rings is 1. The van der Waals surface area contributed by atoms with E-state index in [2.05, 4.69) is 15.9 Å². The fraction of sp³-hybridized carbons (Fsp3) is 0.500. The van der Waals surface area contributed by atoms with Crippen LogP contribution in [0.5, 0.6) is 0 Å². The van der Waals surface area contributed by atoms with Gasteiger partial charge in [0.25, 0.3) is 5.91 Å². The minimum Gasteiger partial charge on any atom is -0.339 e. The number of amides is 1. The molecule has 0 bridgehead atoms. The van der Waals surface area contributed by atoms with Crippen molar-refractivity contribution in [3.63, 3.8) is 0 Å². The van der Waals surface area contributed by atoms with Crippen LogP contribution in [-0.2, 0) is 0 Å². The molecule has 1 saturated carbocycles. The van der Waals surface area contributed by atoms with Crippen LogP contribution < -0.4 is 0 Å². The molecule has 2 aliphatic rings. The van der Waals surface area contributed by atoms with Gasteiger partial charge in [-0.15, -0.1) is 0 Å². The van der Waals surface area contributed by atoms with Gasteiger partial charge in [0.05, 0.1) is 10.6 Å². The molecule has 1 spiro atoms. The summed E-state index contributed by atoms with van der Waals surface area (Å²) in [5.41, 5.74) is 1.20. The molecule has 3 rings (SSSR count). The molecule has 0 aromatic heterocycles. The molecule has 1 aromatic carbocycles. The molecule has 2 fully saturated rings. The smallest absolute Gasteiger partial charge is 0.255 e. The van der Waals surface area contributed by atoms with Crippen molar-refractivity contribution < 1.29 is 4.79 Å². The summed E-state index contributed by atoms with van der Waals surface area (Å²) in [6, 6.07) is 5.44. The predicted octanol–water partition coefficient (Wildman–Crippen LogP) is 4.12. The number of benzene rings is 1. The quantitative estimate of drug-likeness (QED) is 0.759. The molecule has 0 radical (unpaired) electrons. The van der Waals surface area contributed by atoms with Gasteiger partial charge in [0.1, 0.15) is 0 Å². The van der Waals surface area contributed by atoms with Crippen LogP contribution in [0, 0.1) is 5.41 Å². The standard InChI is InChI=1S/C14H15BrClNO/c15-10-1-2-12(16)11(9-10)13(18)17-7-5-14(3-4-14)6-8-17/h1-2,9H,3-8H2. The Kier molecular flexibility index (Phi) is 3.15. The summed E-state index contributed by atoms with van der Waals surface area (Å²) < 4.78 is 0.894. The number of nitrogens with zero attached hydrogens (tertiary/aromatic N) is 1. The summed E-state index contributed by atoms with van der Waals surface area (Å²) in [5, 5.41) is 0.537. The van der Waals surface area contributed by atoms with Crippen LogP contribution in [0.2, 0.25) is 5.02 Å². The van der Waals surface area contributed by atoms with Crippen molar-refractivity contribution in [2.45, 2.75) is 25.7 Å². The van der Waals surface area contributed by atoms with E-state index in [1.54, 1.807) is 6.07 Å². The average molecular weight is 329 g/mol. The largest absolute Gasteiger partial charge is 0.339 e. The van der Waals surface area contributed by atoms with Crippen molar-refractivity contribution in [1.29, 1.82) is 0 Å². The lowest BCUT2D eigenvalue weighted by Crippen LogP contribution is -2.39. The average Bonchev–Trinajstić information content (AvgIpc) is 3.12. The Bertz CT molecular complexity index is 489. The summed E-state index contributed by atoms with van der Waals surface area (Å²) in [4.78, 5) is 14.4. The van der Waals surface area contributed by atoms with Crippen LogP contribution >= 0.6 is 27.5 Å². The second-order valence-electron chi connectivity index (χ2n) is 5.42. The second kappa shape index (κ2) is 4.53. The van der Waals surface area contributed by atoms with Crippen LogP contribution in [0.25, 0.3) is 0 Å².